The van der Waals surface area contributed by atoms with Crippen molar-refractivity contribution in [1.29, 1.82) is 0 Å². The van der Waals surface area contributed by atoms with Gasteiger partial charge in [0.15, 0.2) is 10.8 Å². The van der Waals surface area contributed by atoms with Crippen LogP contribution in [0, 0.1) is 0 Å². The summed E-state index contributed by atoms with van der Waals surface area (Å²) in [5.74, 6) is -0.518. The fourth-order valence-electron chi connectivity index (χ4n) is 1.07. The van der Waals surface area contributed by atoms with Crippen LogP contribution in [0.25, 0.3) is 0 Å². The highest BCUT2D eigenvalue weighted by Crippen LogP contribution is 2.03. The smallest absolute Gasteiger partial charge is 0.358 e. The Morgan fingerprint density at radius 3 is 2.72 bits per heavy atom. The Hall–Kier alpha value is -1.24. The summed E-state index contributed by atoms with van der Waals surface area (Å²) in [6.07, 6.45) is 0.622. The van der Waals surface area contributed by atoms with E-state index in [9.17, 15) is 4.79 Å². The average molecular weight is 275 g/mol. The maximum Gasteiger partial charge on any atom is 0.358 e. The number of ether oxygens (including phenoxy) is 3. The minimum atomic E-state index is -0.518. The van der Waals surface area contributed by atoms with Crippen molar-refractivity contribution < 1.29 is 19.0 Å². The molecule has 0 spiro atoms. The Labute approximate surface area is 110 Å². The number of esters is 1. The van der Waals surface area contributed by atoms with Crippen LogP contribution in [-0.2, 0) is 14.2 Å². The number of hydrogen-bond acceptors (Lipinski definition) is 6. The van der Waals surface area contributed by atoms with E-state index in [1.54, 1.807) is 7.11 Å². The summed E-state index contributed by atoms with van der Waals surface area (Å²) in [5, 5.41) is 7.40. The number of carbonyl (C=O) groups is 1. The highest BCUT2D eigenvalue weighted by molar-refractivity contribution is 6.29. The summed E-state index contributed by atoms with van der Waals surface area (Å²) in [6, 6.07) is 2.95. The van der Waals surface area contributed by atoms with Gasteiger partial charge in [-0.1, -0.05) is 11.6 Å². The van der Waals surface area contributed by atoms with Crippen LogP contribution in [0.5, 0.6) is 0 Å². The number of methoxy groups -OCH3 is 1. The first-order chi connectivity index (χ1) is 8.74. The molecule has 0 unspecified atom stereocenters. The first kappa shape index (κ1) is 14.8. The van der Waals surface area contributed by atoms with E-state index in [0.29, 0.717) is 26.2 Å². The molecule has 0 atom stereocenters. The van der Waals surface area contributed by atoms with Crippen molar-refractivity contribution in [3.63, 3.8) is 0 Å². The van der Waals surface area contributed by atoms with Gasteiger partial charge >= 0.3 is 5.97 Å². The summed E-state index contributed by atoms with van der Waals surface area (Å²) in [6.45, 7) is 1.88. The van der Waals surface area contributed by atoms with Gasteiger partial charge in [0.1, 0.15) is 0 Å². The second kappa shape index (κ2) is 8.79. The lowest BCUT2D eigenvalue weighted by molar-refractivity contribution is 0.0379. The largest absolute Gasteiger partial charge is 0.461 e. The minimum Gasteiger partial charge on any atom is -0.461 e. The van der Waals surface area contributed by atoms with Crippen LogP contribution in [-0.4, -0.2) is 49.7 Å². The molecule has 0 aliphatic carbocycles. The van der Waals surface area contributed by atoms with E-state index in [1.165, 1.54) is 12.1 Å². The monoisotopic (exact) mass is 274 g/mol. The van der Waals surface area contributed by atoms with E-state index in [4.69, 9.17) is 25.8 Å². The molecule has 0 saturated carbocycles. The number of hydrogen-bond donors (Lipinski definition) is 0. The molecule has 0 aliphatic rings. The van der Waals surface area contributed by atoms with Crippen LogP contribution in [0.15, 0.2) is 12.1 Å². The fraction of sp³-hybridized carbons (Fsp3) is 0.545. The molecule has 0 amide bonds. The molecule has 1 aromatic rings. The molecular formula is C11H15ClN2O4. The lowest BCUT2D eigenvalue weighted by atomic mass is 10.4. The SMILES string of the molecule is COCCOCCCOC(=O)c1ccc(Cl)nn1. The molecule has 0 aromatic carbocycles. The topological polar surface area (TPSA) is 70.5 Å². The molecule has 18 heavy (non-hydrogen) atoms. The van der Waals surface area contributed by atoms with E-state index >= 15 is 0 Å². The summed E-state index contributed by atoms with van der Waals surface area (Å²) in [5.41, 5.74) is 0.139. The molecule has 7 heteroatoms. The first-order valence-corrected chi connectivity index (χ1v) is 5.85. The van der Waals surface area contributed by atoms with Crippen LogP contribution in [0.4, 0.5) is 0 Å². The molecule has 1 aromatic heterocycles. The predicted molar refractivity (Wildman–Crippen MR) is 64.6 cm³/mol. The summed E-state index contributed by atoms with van der Waals surface area (Å²) in [7, 11) is 1.61. The maximum atomic E-state index is 11.5. The van der Waals surface area contributed by atoms with Gasteiger partial charge in [-0.15, -0.1) is 10.2 Å². The Balaban J connectivity index is 2.12. The van der Waals surface area contributed by atoms with Gasteiger partial charge in [-0.3, -0.25) is 0 Å². The Kier molecular flexibility index (Phi) is 7.24. The van der Waals surface area contributed by atoms with E-state index in [-0.39, 0.29) is 17.5 Å². The van der Waals surface area contributed by atoms with Crippen molar-refractivity contribution in [1.82, 2.24) is 10.2 Å². The van der Waals surface area contributed by atoms with Gasteiger partial charge in [-0.2, -0.15) is 0 Å². The molecular weight excluding hydrogens is 260 g/mol. The van der Waals surface area contributed by atoms with Gasteiger partial charge in [0.25, 0.3) is 0 Å². The molecule has 6 nitrogen and oxygen atoms in total. The van der Waals surface area contributed by atoms with Crippen molar-refractivity contribution in [3.8, 4) is 0 Å². The van der Waals surface area contributed by atoms with E-state index in [2.05, 4.69) is 10.2 Å². The van der Waals surface area contributed by atoms with Crippen molar-refractivity contribution >= 4 is 17.6 Å². The number of rotatable bonds is 8. The highest BCUT2D eigenvalue weighted by atomic mass is 35.5. The molecule has 1 rings (SSSR count). The summed E-state index contributed by atoms with van der Waals surface area (Å²) < 4.78 is 15.0. The molecule has 0 radical (unpaired) electrons. The lowest BCUT2D eigenvalue weighted by Crippen LogP contribution is -2.11. The number of carbonyl (C=O) groups excluding carboxylic acids is 1. The normalized spacial score (nSPS) is 10.3. The van der Waals surface area contributed by atoms with Gasteiger partial charge in [0.2, 0.25) is 0 Å². The Bertz CT molecular complexity index is 359. The van der Waals surface area contributed by atoms with Gasteiger partial charge in [0, 0.05) is 20.1 Å². The van der Waals surface area contributed by atoms with E-state index in [1.807, 2.05) is 0 Å². The zero-order valence-electron chi connectivity index (χ0n) is 10.1. The Morgan fingerprint density at radius 2 is 2.06 bits per heavy atom. The first-order valence-electron chi connectivity index (χ1n) is 5.47. The van der Waals surface area contributed by atoms with Crippen molar-refractivity contribution in [3.05, 3.63) is 23.0 Å². The third-order valence-corrected chi connectivity index (χ3v) is 2.14. The van der Waals surface area contributed by atoms with Crippen LogP contribution < -0.4 is 0 Å². The average Bonchev–Trinajstić information content (AvgIpc) is 2.38. The van der Waals surface area contributed by atoms with E-state index in [0.717, 1.165) is 0 Å². The van der Waals surface area contributed by atoms with Gasteiger partial charge in [0.05, 0.1) is 19.8 Å². The van der Waals surface area contributed by atoms with Crippen LogP contribution in [0.2, 0.25) is 5.15 Å². The second-order valence-corrected chi connectivity index (χ2v) is 3.72. The summed E-state index contributed by atoms with van der Waals surface area (Å²) >= 11 is 5.55. The molecule has 0 fully saturated rings. The molecule has 0 bridgehead atoms. The van der Waals surface area contributed by atoms with Gasteiger partial charge in [-0.05, 0) is 12.1 Å². The van der Waals surface area contributed by atoms with Crippen molar-refractivity contribution in [2.45, 2.75) is 6.42 Å². The molecule has 0 N–H and O–H groups in total. The highest BCUT2D eigenvalue weighted by Gasteiger charge is 2.08. The van der Waals surface area contributed by atoms with Crippen molar-refractivity contribution in [2.75, 3.05) is 33.5 Å². The zero-order valence-corrected chi connectivity index (χ0v) is 10.9. The number of aromatic nitrogens is 2. The number of nitrogens with zero attached hydrogens (tertiary/aromatic N) is 2. The molecule has 0 aliphatic heterocycles. The van der Waals surface area contributed by atoms with Crippen molar-refractivity contribution in [2.24, 2.45) is 0 Å². The van der Waals surface area contributed by atoms with Crippen LogP contribution in [0.3, 0.4) is 0 Å². The van der Waals surface area contributed by atoms with Gasteiger partial charge in [-0.25, -0.2) is 4.79 Å². The third-order valence-electron chi connectivity index (χ3n) is 1.94. The van der Waals surface area contributed by atoms with Crippen LogP contribution >= 0.6 is 11.6 Å². The molecule has 100 valence electrons. The Morgan fingerprint density at radius 1 is 1.22 bits per heavy atom. The molecule has 0 saturated heterocycles. The summed E-state index contributed by atoms with van der Waals surface area (Å²) in [4.78, 5) is 11.5. The van der Waals surface area contributed by atoms with E-state index < -0.39 is 5.97 Å². The quantitative estimate of drug-likeness (QED) is 0.526. The standard InChI is InChI=1S/C11H15ClN2O4/c1-16-7-8-17-5-2-6-18-11(15)9-3-4-10(12)14-13-9/h3-4H,2,5-8H2,1H3. The lowest BCUT2D eigenvalue weighted by Gasteiger charge is -2.05. The van der Waals surface area contributed by atoms with Crippen LogP contribution in [0.1, 0.15) is 16.9 Å². The number of halogens is 1. The fourth-order valence-corrected chi connectivity index (χ4v) is 1.17. The predicted octanol–water partition coefficient (Wildman–Crippen LogP) is 1.34. The third kappa shape index (κ3) is 5.90. The molecule has 1 heterocycles. The zero-order chi connectivity index (χ0) is 13.2. The minimum absolute atomic E-state index is 0.139. The van der Waals surface area contributed by atoms with Gasteiger partial charge < -0.3 is 14.2 Å². The maximum absolute atomic E-state index is 11.5. The second-order valence-electron chi connectivity index (χ2n) is 3.34.